The predicted molar refractivity (Wildman–Crippen MR) is 70.6 cm³/mol. The van der Waals surface area contributed by atoms with Crippen LogP contribution < -0.4 is 0 Å². The number of hydrogen-bond acceptors (Lipinski definition) is 3. The smallest absolute Gasteiger partial charge is 0.308 e. The largest absolute Gasteiger partial charge is 0.481 e. The van der Waals surface area contributed by atoms with Gasteiger partial charge in [0.2, 0.25) is 11.8 Å². The molecule has 5 nitrogen and oxygen atoms in total. The molecule has 2 aliphatic carbocycles. The molecule has 2 amide bonds. The Morgan fingerprint density at radius 3 is 2.15 bits per heavy atom. The summed E-state index contributed by atoms with van der Waals surface area (Å²) >= 11 is 0. The van der Waals surface area contributed by atoms with Gasteiger partial charge >= 0.3 is 5.97 Å². The lowest BCUT2D eigenvalue weighted by atomic mass is 9.83. The lowest BCUT2D eigenvalue weighted by Gasteiger charge is -2.34. The van der Waals surface area contributed by atoms with Gasteiger partial charge in [0.15, 0.2) is 0 Å². The summed E-state index contributed by atoms with van der Waals surface area (Å²) in [6.07, 6.45) is 8.05. The highest BCUT2D eigenvalue weighted by molar-refractivity contribution is 6.06. The van der Waals surface area contributed by atoms with E-state index in [1.807, 2.05) is 12.2 Å². The summed E-state index contributed by atoms with van der Waals surface area (Å²) in [7, 11) is 0. The summed E-state index contributed by atoms with van der Waals surface area (Å²) in [5, 5.41) is 9.34. The van der Waals surface area contributed by atoms with Crippen molar-refractivity contribution in [2.45, 2.75) is 44.6 Å². The van der Waals surface area contributed by atoms with Gasteiger partial charge in [-0.2, -0.15) is 0 Å². The molecule has 0 spiro atoms. The predicted octanol–water partition coefficient (Wildman–Crippen LogP) is 1.58. The fraction of sp³-hybridized carbons (Fsp3) is 0.667. The van der Waals surface area contributed by atoms with E-state index in [1.54, 1.807) is 0 Å². The van der Waals surface area contributed by atoms with Crippen molar-refractivity contribution in [1.29, 1.82) is 0 Å². The lowest BCUT2D eigenvalue weighted by molar-refractivity contribution is -0.151. The van der Waals surface area contributed by atoms with Gasteiger partial charge in [0.1, 0.15) is 0 Å². The van der Waals surface area contributed by atoms with Crippen LogP contribution in [0.1, 0.15) is 38.5 Å². The summed E-state index contributed by atoms with van der Waals surface area (Å²) in [5.41, 5.74) is 0. The van der Waals surface area contributed by atoms with E-state index in [-0.39, 0.29) is 23.7 Å². The van der Waals surface area contributed by atoms with Gasteiger partial charge in [-0.1, -0.05) is 25.0 Å². The minimum Gasteiger partial charge on any atom is -0.481 e. The van der Waals surface area contributed by atoms with Gasteiger partial charge in [-0.05, 0) is 25.7 Å². The van der Waals surface area contributed by atoms with Crippen LogP contribution in [0.3, 0.4) is 0 Å². The number of carboxylic acid groups (broad SMARTS) is 1. The number of hydrogen-bond donors (Lipinski definition) is 1. The van der Waals surface area contributed by atoms with Crippen LogP contribution in [0, 0.1) is 17.8 Å². The van der Waals surface area contributed by atoms with Gasteiger partial charge in [-0.3, -0.25) is 19.3 Å². The molecule has 1 heterocycles. The monoisotopic (exact) mass is 277 g/mol. The average molecular weight is 277 g/mol. The summed E-state index contributed by atoms with van der Waals surface area (Å²) in [6, 6.07) is -0.438. The normalized spacial score (nSPS) is 37.1. The quantitative estimate of drug-likeness (QED) is 0.614. The first-order valence-electron chi connectivity index (χ1n) is 7.36. The zero-order valence-corrected chi connectivity index (χ0v) is 11.3. The Morgan fingerprint density at radius 1 is 1.05 bits per heavy atom. The van der Waals surface area contributed by atoms with Crippen LogP contribution in [0.2, 0.25) is 0 Å². The van der Waals surface area contributed by atoms with E-state index in [0.29, 0.717) is 25.7 Å². The number of carbonyl (C=O) groups excluding carboxylic acids is 2. The van der Waals surface area contributed by atoms with Gasteiger partial charge in [0.05, 0.1) is 23.8 Å². The Morgan fingerprint density at radius 2 is 1.60 bits per heavy atom. The van der Waals surface area contributed by atoms with Crippen molar-refractivity contribution < 1.29 is 19.5 Å². The number of rotatable bonds is 2. The Labute approximate surface area is 117 Å². The number of carbonyl (C=O) groups is 3. The van der Waals surface area contributed by atoms with Crippen molar-refractivity contribution in [1.82, 2.24) is 4.90 Å². The number of fused-ring (bicyclic) bond motifs is 1. The molecule has 1 saturated heterocycles. The minimum atomic E-state index is -0.886. The van der Waals surface area contributed by atoms with Crippen molar-refractivity contribution in [2.24, 2.45) is 17.8 Å². The molecule has 20 heavy (non-hydrogen) atoms. The van der Waals surface area contributed by atoms with Gasteiger partial charge < -0.3 is 5.11 Å². The lowest BCUT2D eigenvalue weighted by Crippen LogP contribution is -2.48. The van der Waals surface area contributed by atoms with E-state index in [2.05, 4.69) is 0 Å². The summed E-state index contributed by atoms with van der Waals surface area (Å²) in [5.74, 6) is -2.30. The van der Waals surface area contributed by atoms with Crippen LogP contribution in [0.4, 0.5) is 0 Å². The van der Waals surface area contributed by atoms with E-state index in [1.165, 1.54) is 4.90 Å². The fourth-order valence-corrected chi connectivity index (χ4v) is 3.86. The van der Waals surface area contributed by atoms with Crippen molar-refractivity contribution in [2.75, 3.05) is 0 Å². The van der Waals surface area contributed by atoms with Crippen molar-refractivity contribution in [3.05, 3.63) is 12.2 Å². The third-order valence-electron chi connectivity index (χ3n) is 4.92. The zero-order valence-electron chi connectivity index (χ0n) is 11.3. The number of allylic oxidation sites excluding steroid dienone is 2. The second-order valence-corrected chi connectivity index (χ2v) is 6.00. The van der Waals surface area contributed by atoms with Gasteiger partial charge in [0, 0.05) is 0 Å². The van der Waals surface area contributed by atoms with Crippen molar-refractivity contribution in [3.63, 3.8) is 0 Å². The molecule has 108 valence electrons. The third-order valence-corrected chi connectivity index (χ3v) is 4.92. The summed E-state index contributed by atoms with van der Waals surface area (Å²) in [4.78, 5) is 37.7. The Kier molecular flexibility index (Phi) is 3.36. The highest BCUT2D eigenvalue weighted by Crippen LogP contribution is 2.40. The number of carboxylic acids is 1. The Bertz CT molecular complexity index is 458. The topological polar surface area (TPSA) is 74.7 Å². The zero-order chi connectivity index (χ0) is 14.3. The Balaban J connectivity index is 1.87. The molecule has 2 unspecified atom stereocenters. The molecule has 1 N–H and O–H groups in total. The van der Waals surface area contributed by atoms with E-state index >= 15 is 0 Å². The average Bonchev–Trinajstić information content (AvgIpc) is 2.71. The third kappa shape index (κ3) is 1.96. The molecule has 0 radical (unpaired) electrons. The number of amides is 2. The van der Waals surface area contributed by atoms with Crippen LogP contribution in [0.5, 0.6) is 0 Å². The standard InChI is InChI=1S/C15H19NO4/c17-13-9-5-1-2-6-10(9)14(18)16(13)12-8-4-3-7-11(12)15(19)20/h1-2,9-12H,3-8H2,(H,19,20)/t9-,10+,11?,12?. The molecular formula is C15H19NO4. The van der Waals surface area contributed by atoms with E-state index < -0.39 is 17.9 Å². The molecule has 1 aliphatic heterocycles. The van der Waals surface area contributed by atoms with Crippen LogP contribution in [0.25, 0.3) is 0 Å². The number of nitrogens with zero attached hydrogens (tertiary/aromatic N) is 1. The minimum absolute atomic E-state index is 0.150. The highest BCUT2D eigenvalue weighted by Gasteiger charge is 2.52. The number of likely N-dealkylation sites (tertiary alicyclic amines) is 1. The van der Waals surface area contributed by atoms with Crippen molar-refractivity contribution >= 4 is 17.8 Å². The molecule has 0 aromatic heterocycles. The van der Waals surface area contributed by atoms with Crippen molar-refractivity contribution in [3.8, 4) is 0 Å². The SMILES string of the molecule is O=C(O)C1CCCCC1N1C(=O)[C@H]2CC=CC[C@H]2C1=O. The molecule has 5 heteroatoms. The highest BCUT2D eigenvalue weighted by atomic mass is 16.4. The maximum absolute atomic E-state index is 12.5. The molecule has 1 saturated carbocycles. The second kappa shape index (κ2) is 5.04. The molecule has 0 bridgehead atoms. The molecule has 3 aliphatic rings. The molecular weight excluding hydrogens is 258 g/mol. The first kappa shape index (κ1) is 13.3. The van der Waals surface area contributed by atoms with Gasteiger partial charge in [0.25, 0.3) is 0 Å². The number of imide groups is 1. The first-order chi connectivity index (χ1) is 9.61. The van der Waals surface area contributed by atoms with Crippen LogP contribution in [0.15, 0.2) is 12.2 Å². The van der Waals surface area contributed by atoms with Crippen LogP contribution in [-0.2, 0) is 14.4 Å². The van der Waals surface area contributed by atoms with Gasteiger partial charge in [-0.25, -0.2) is 0 Å². The molecule has 2 fully saturated rings. The molecule has 4 atom stereocenters. The fourth-order valence-electron chi connectivity index (χ4n) is 3.86. The second-order valence-electron chi connectivity index (χ2n) is 6.00. The van der Waals surface area contributed by atoms with E-state index in [4.69, 9.17) is 0 Å². The number of aliphatic carboxylic acids is 1. The van der Waals surface area contributed by atoms with E-state index in [0.717, 1.165) is 12.8 Å². The maximum Gasteiger partial charge on any atom is 0.308 e. The first-order valence-corrected chi connectivity index (χ1v) is 7.36. The Hall–Kier alpha value is -1.65. The summed E-state index contributed by atoms with van der Waals surface area (Å²) < 4.78 is 0. The molecule has 0 aromatic rings. The van der Waals surface area contributed by atoms with Crippen LogP contribution in [-0.4, -0.2) is 33.8 Å². The van der Waals surface area contributed by atoms with E-state index in [9.17, 15) is 19.5 Å². The maximum atomic E-state index is 12.5. The molecule has 0 aromatic carbocycles. The van der Waals surface area contributed by atoms with Crippen LogP contribution >= 0.6 is 0 Å². The molecule has 3 rings (SSSR count). The van der Waals surface area contributed by atoms with Gasteiger partial charge in [-0.15, -0.1) is 0 Å². The summed E-state index contributed by atoms with van der Waals surface area (Å²) in [6.45, 7) is 0.